The predicted molar refractivity (Wildman–Crippen MR) is 96.1 cm³/mol. The Hall–Kier alpha value is -2.73. The maximum Gasteiger partial charge on any atom is 0.246 e. The maximum absolute atomic E-state index is 14.0. The molecule has 3 aromatic rings. The molecule has 0 amide bonds. The number of hydrogen-bond donors (Lipinski definition) is 0. The van der Waals surface area contributed by atoms with Crippen LogP contribution in [0.4, 0.5) is 14.6 Å². The van der Waals surface area contributed by atoms with Gasteiger partial charge in [-0.05, 0) is 19.1 Å². The molecule has 4 rings (SSSR count). The molecule has 1 saturated heterocycles. The Bertz CT molecular complexity index is 1130. The Labute approximate surface area is 159 Å². The van der Waals surface area contributed by atoms with Crippen LogP contribution >= 0.6 is 0 Å². The molecule has 0 bridgehead atoms. The fourth-order valence-electron chi connectivity index (χ4n) is 3.19. The van der Waals surface area contributed by atoms with Crippen molar-refractivity contribution in [3.8, 4) is 0 Å². The van der Waals surface area contributed by atoms with Gasteiger partial charge in [-0.3, -0.25) is 0 Å². The third kappa shape index (κ3) is 3.07. The van der Waals surface area contributed by atoms with Crippen LogP contribution in [-0.2, 0) is 16.6 Å². The fraction of sp³-hybridized carbons (Fsp3) is 0.375. The van der Waals surface area contributed by atoms with Crippen LogP contribution in [0.15, 0.2) is 29.4 Å². The van der Waals surface area contributed by atoms with Gasteiger partial charge in [0.25, 0.3) is 0 Å². The molecule has 3 heterocycles. The molecule has 0 spiro atoms. The van der Waals surface area contributed by atoms with Gasteiger partial charge in [-0.2, -0.15) is 4.31 Å². The lowest BCUT2D eigenvalue weighted by Crippen LogP contribution is -2.49. The highest BCUT2D eigenvalue weighted by atomic mass is 32.2. The molecule has 0 aliphatic carbocycles. The topological polar surface area (TPSA) is 97.1 Å². The second-order valence-corrected chi connectivity index (χ2v) is 8.15. The molecule has 1 aromatic carbocycles. The van der Waals surface area contributed by atoms with Gasteiger partial charge in [0.05, 0.1) is 0 Å². The molecule has 0 atom stereocenters. The van der Waals surface area contributed by atoms with Crippen LogP contribution in [0.25, 0.3) is 11.2 Å². The lowest BCUT2D eigenvalue weighted by molar-refractivity contribution is 0.381. The van der Waals surface area contributed by atoms with Crippen molar-refractivity contribution in [1.29, 1.82) is 0 Å². The second kappa shape index (κ2) is 7.02. The van der Waals surface area contributed by atoms with E-state index in [-0.39, 0.29) is 13.1 Å². The van der Waals surface area contributed by atoms with Gasteiger partial charge in [-0.25, -0.2) is 31.8 Å². The molecule has 12 heteroatoms. The first-order chi connectivity index (χ1) is 13.4. The van der Waals surface area contributed by atoms with Crippen molar-refractivity contribution in [1.82, 2.24) is 29.3 Å². The molecule has 1 fully saturated rings. The van der Waals surface area contributed by atoms with E-state index in [0.29, 0.717) is 42.7 Å². The van der Waals surface area contributed by atoms with Crippen molar-refractivity contribution in [2.75, 3.05) is 31.1 Å². The van der Waals surface area contributed by atoms with E-state index < -0.39 is 26.6 Å². The minimum Gasteiger partial charge on any atom is -0.352 e. The average molecular weight is 409 g/mol. The van der Waals surface area contributed by atoms with E-state index in [1.165, 1.54) is 10.6 Å². The van der Waals surface area contributed by atoms with Crippen molar-refractivity contribution in [3.63, 3.8) is 0 Å². The Balaban J connectivity index is 1.56. The molecular formula is C16H17F2N7O2S. The summed E-state index contributed by atoms with van der Waals surface area (Å²) in [6.07, 6.45) is 1.42. The summed E-state index contributed by atoms with van der Waals surface area (Å²) >= 11 is 0. The van der Waals surface area contributed by atoms with Crippen LogP contribution in [0.5, 0.6) is 0 Å². The average Bonchev–Trinajstić information content (AvgIpc) is 3.11. The summed E-state index contributed by atoms with van der Waals surface area (Å²) in [6.45, 7) is 3.48. The number of aryl methyl sites for hydroxylation is 1. The lowest BCUT2D eigenvalue weighted by atomic mass is 10.3. The highest BCUT2D eigenvalue weighted by Crippen LogP contribution is 2.25. The summed E-state index contributed by atoms with van der Waals surface area (Å²) < 4.78 is 55.3. The van der Waals surface area contributed by atoms with Crippen LogP contribution in [0, 0.1) is 11.6 Å². The number of aromatic nitrogens is 5. The second-order valence-electron chi connectivity index (χ2n) is 6.24. The quantitative estimate of drug-likeness (QED) is 0.635. The number of rotatable bonds is 4. The fourth-order valence-corrected chi connectivity index (χ4v) is 4.66. The third-order valence-electron chi connectivity index (χ3n) is 4.63. The first-order valence-electron chi connectivity index (χ1n) is 8.66. The monoisotopic (exact) mass is 409 g/mol. The van der Waals surface area contributed by atoms with Crippen molar-refractivity contribution >= 4 is 27.0 Å². The Morgan fingerprint density at radius 1 is 1.11 bits per heavy atom. The molecule has 0 N–H and O–H groups in total. The highest BCUT2D eigenvalue weighted by molar-refractivity contribution is 7.89. The smallest absolute Gasteiger partial charge is 0.246 e. The van der Waals surface area contributed by atoms with Gasteiger partial charge in [0.15, 0.2) is 17.0 Å². The molecule has 1 aliphatic rings. The zero-order valence-corrected chi connectivity index (χ0v) is 15.8. The number of halogens is 2. The van der Waals surface area contributed by atoms with Crippen LogP contribution < -0.4 is 4.90 Å². The summed E-state index contributed by atoms with van der Waals surface area (Å²) in [6, 6.07) is 2.45. The van der Waals surface area contributed by atoms with E-state index in [4.69, 9.17) is 0 Å². The standard InChI is InChI=1S/C16H17F2N7O2S/c1-2-25-16-14(21-22-25)15(19-10-20-16)23-5-7-24(8-6-23)28(26,27)13-4-3-11(17)9-12(13)18/h3-4,9-10H,2,5-8H2,1H3. The molecule has 0 unspecified atom stereocenters. The van der Waals surface area contributed by atoms with Crippen LogP contribution in [0.2, 0.25) is 0 Å². The van der Waals surface area contributed by atoms with Gasteiger partial charge >= 0.3 is 0 Å². The van der Waals surface area contributed by atoms with E-state index in [1.54, 1.807) is 4.68 Å². The maximum atomic E-state index is 14.0. The van der Waals surface area contributed by atoms with Crippen LogP contribution in [-0.4, -0.2) is 63.9 Å². The van der Waals surface area contributed by atoms with E-state index >= 15 is 0 Å². The summed E-state index contributed by atoms with van der Waals surface area (Å²) in [5.74, 6) is -1.35. The molecule has 28 heavy (non-hydrogen) atoms. The molecular weight excluding hydrogens is 392 g/mol. The SMILES string of the molecule is CCn1nnc2c(N3CCN(S(=O)(=O)c4ccc(F)cc4F)CC3)ncnc21. The van der Waals surface area contributed by atoms with E-state index in [1.807, 2.05) is 11.8 Å². The number of fused-ring (bicyclic) bond motifs is 1. The molecule has 148 valence electrons. The highest BCUT2D eigenvalue weighted by Gasteiger charge is 2.32. The number of sulfonamides is 1. The number of hydrogen-bond acceptors (Lipinski definition) is 7. The number of anilines is 1. The summed E-state index contributed by atoms with van der Waals surface area (Å²) in [5, 5.41) is 8.17. The van der Waals surface area contributed by atoms with E-state index in [9.17, 15) is 17.2 Å². The van der Waals surface area contributed by atoms with Crippen molar-refractivity contribution < 1.29 is 17.2 Å². The van der Waals surface area contributed by atoms with Crippen LogP contribution in [0.1, 0.15) is 6.92 Å². The molecule has 9 nitrogen and oxygen atoms in total. The first-order valence-corrected chi connectivity index (χ1v) is 10.1. The summed E-state index contributed by atoms with van der Waals surface area (Å²) in [4.78, 5) is 9.84. The van der Waals surface area contributed by atoms with Gasteiger partial charge in [0.2, 0.25) is 10.0 Å². The minimum absolute atomic E-state index is 0.132. The Morgan fingerprint density at radius 2 is 1.86 bits per heavy atom. The molecule has 0 saturated carbocycles. The van der Waals surface area contributed by atoms with Crippen molar-refractivity contribution in [3.05, 3.63) is 36.2 Å². The van der Waals surface area contributed by atoms with Gasteiger partial charge < -0.3 is 4.90 Å². The molecule has 1 aliphatic heterocycles. The zero-order valence-electron chi connectivity index (χ0n) is 15.0. The largest absolute Gasteiger partial charge is 0.352 e. The zero-order chi connectivity index (χ0) is 19.9. The van der Waals surface area contributed by atoms with Crippen molar-refractivity contribution in [2.24, 2.45) is 0 Å². The normalized spacial score (nSPS) is 16.0. The van der Waals surface area contributed by atoms with Gasteiger partial charge in [-0.1, -0.05) is 5.21 Å². The number of benzene rings is 1. The Morgan fingerprint density at radius 3 is 2.54 bits per heavy atom. The number of piperazine rings is 1. The molecule has 0 radical (unpaired) electrons. The van der Waals surface area contributed by atoms with E-state index in [2.05, 4.69) is 20.3 Å². The van der Waals surface area contributed by atoms with Gasteiger partial charge in [-0.15, -0.1) is 5.10 Å². The van der Waals surface area contributed by atoms with E-state index in [0.717, 1.165) is 12.1 Å². The van der Waals surface area contributed by atoms with Crippen molar-refractivity contribution in [2.45, 2.75) is 18.4 Å². The summed E-state index contributed by atoms with van der Waals surface area (Å²) in [5.41, 5.74) is 1.15. The minimum atomic E-state index is -4.06. The molecule has 2 aromatic heterocycles. The first kappa shape index (κ1) is 18.6. The predicted octanol–water partition coefficient (Wildman–Crippen LogP) is 1.03. The van der Waals surface area contributed by atoms with Crippen LogP contribution in [0.3, 0.4) is 0 Å². The lowest BCUT2D eigenvalue weighted by Gasteiger charge is -2.34. The van der Waals surface area contributed by atoms with Gasteiger partial charge in [0, 0.05) is 38.8 Å². The Kier molecular flexibility index (Phi) is 4.67. The summed E-state index contributed by atoms with van der Waals surface area (Å²) in [7, 11) is -4.06. The van der Waals surface area contributed by atoms with Gasteiger partial charge in [0.1, 0.15) is 22.9 Å². The number of nitrogens with zero attached hydrogens (tertiary/aromatic N) is 7. The third-order valence-corrected chi connectivity index (χ3v) is 6.56.